The molecule has 124 valence electrons. The van der Waals surface area contributed by atoms with E-state index in [9.17, 15) is 14.4 Å². The molecular formula is C17H20O6. The van der Waals surface area contributed by atoms with Crippen LogP contribution in [0.3, 0.4) is 0 Å². The van der Waals surface area contributed by atoms with Gasteiger partial charge >= 0.3 is 11.9 Å². The summed E-state index contributed by atoms with van der Waals surface area (Å²) in [5.74, 6) is -1.08. The number of Topliss-reactive ketones (excluding diaryl/α,β-unsaturated/α-hetero) is 1. The van der Waals surface area contributed by atoms with E-state index in [1.54, 1.807) is 0 Å². The molecule has 0 aromatic rings. The Balaban J connectivity index is 1.81. The number of epoxide rings is 1. The van der Waals surface area contributed by atoms with Crippen LogP contribution in [-0.4, -0.2) is 42.1 Å². The maximum Gasteiger partial charge on any atom is 0.334 e. The number of esters is 2. The van der Waals surface area contributed by atoms with Crippen molar-refractivity contribution >= 4 is 17.7 Å². The number of rotatable bonds is 2. The van der Waals surface area contributed by atoms with Crippen LogP contribution in [0, 0.1) is 5.92 Å². The van der Waals surface area contributed by atoms with Crippen LogP contribution in [0.2, 0.25) is 0 Å². The third-order valence-electron chi connectivity index (χ3n) is 4.93. The van der Waals surface area contributed by atoms with Gasteiger partial charge in [0.25, 0.3) is 0 Å². The number of hydrogen-bond donors (Lipinski definition) is 0. The Morgan fingerprint density at radius 3 is 2.83 bits per heavy atom. The third kappa shape index (κ3) is 2.95. The molecule has 4 atom stereocenters. The summed E-state index contributed by atoms with van der Waals surface area (Å²) in [6.45, 7) is 9.08. The van der Waals surface area contributed by atoms with Gasteiger partial charge in [0.15, 0.2) is 5.78 Å². The Morgan fingerprint density at radius 2 is 2.13 bits per heavy atom. The molecule has 6 heteroatoms. The molecular weight excluding hydrogens is 300 g/mol. The van der Waals surface area contributed by atoms with Crippen LogP contribution >= 0.6 is 0 Å². The Labute approximate surface area is 134 Å². The second kappa shape index (κ2) is 5.60. The van der Waals surface area contributed by atoms with Crippen LogP contribution in [-0.2, 0) is 28.6 Å². The van der Waals surface area contributed by atoms with E-state index in [0.29, 0.717) is 30.4 Å². The topological polar surface area (TPSA) is 82.2 Å². The van der Waals surface area contributed by atoms with Gasteiger partial charge in [0.2, 0.25) is 0 Å². The fourth-order valence-electron chi connectivity index (χ4n) is 3.39. The van der Waals surface area contributed by atoms with E-state index in [1.807, 2.05) is 0 Å². The van der Waals surface area contributed by atoms with Gasteiger partial charge in [0, 0.05) is 31.3 Å². The molecule has 0 spiro atoms. The predicted molar refractivity (Wildman–Crippen MR) is 79.4 cm³/mol. The molecule has 1 aliphatic carbocycles. The van der Waals surface area contributed by atoms with Crippen LogP contribution in [0.15, 0.2) is 24.3 Å². The second-order valence-corrected chi connectivity index (χ2v) is 6.49. The minimum Gasteiger partial charge on any atom is -0.463 e. The number of hydrogen-bond acceptors (Lipinski definition) is 6. The van der Waals surface area contributed by atoms with E-state index in [-0.39, 0.29) is 36.8 Å². The number of carbonyl (C=O) groups is 3. The molecule has 2 aliphatic heterocycles. The molecule has 3 rings (SSSR count). The molecule has 0 radical (unpaired) electrons. The van der Waals surface area contributed by atoms with Crippen LogP contribution < -0.4 is 0 Å². The molecule has 0 N–H and O–H groups in total. The zero-order valence-corrected chi connectivity index (χ0v) is 13.1. The van der Waals surface area contributed by atoms with Crippen molar-refractivity contribution in [2.45, 2.75) is 50.4 Å². The van der Waals surface area contributed by atoms with Crippen LogP contribution in [0.1, 0.15) is 32.6 Å². The predicted octanol–water partition coefficient (Wildman–Crippen LogP) is 1.48. The number of ketones is 1. The standard InChI is InChI=1S/C17H20O6/c1-9-6-14-12(10(2)16(20)22-14)7-15-17(23-15,5-4-13(9)19)8-21-11(3)18/h12,14-15H,1-2,4-8H2,3H3. The highest BCUT2D eigenvalue weighted by Gasteiger charge is 2.59. The summed E-state index contributed by atoms with van der Waals surface area (Å²) in [6, 6.07) is 0. The quantitative estimate of drug-likeness (QED) is 0.435. The SMILES string of the molecule is C=C1CC2OC(=O)C(=C)C2CC2OC2(COC(C)=O)CCC1=O. The highest BCUT2D eigenvalue weighted by molar-refractivity contribution is 5.95. The van der Waals surface area contributed by atoms with E-state index in [2.05, 4.69) is 13.2 Å². The van der Waals surface area contributed by atoms with Crippen LogP contribution in [0.25, 0.3) is 0 Å². The molecule has 1 saturated carbocycles. The Hall–Kier alpha value is -1.95. The van der Waals surface area contributed by atoms with Gasteiger partial charge in [-0.3, -0.25) is 9.59 Å². The largest absolute Gasteiger partial charge is 0.463 e. The fraction of sp³-hybridized carbons (Fsp3) is 0.588. The van der Waals surface area contributed by atoms with Crippen molar-refractivity contribution in [1.82, 2.24) is 0 Å². The van der Waals surface area contributed by atoms with Crippen molar-refractivity contribution in [3.8, 4) is 0 Å². The fourth-order valence-corrected chi connectivity index (χ4v) is 3.39. The van der Waals surface area contributed by atoms with Gasteiger partial charge in [-0.2, -0.15) is 0 Å². The maximum absolute atomic E-state index is 12.2. The van der Waals surface area contributed by atoms with Gasteiger partial charge in [0.1, 0.15) is 18.3 Å². The van der Waals surface area contributed by atoms with Crippen molar-refractivity contribution in [1.29, 1.82) is 0 Å². The first-order chi connectivity index (χ1) is 10.8. The minimum atomic E-state index is -0.643. The number of carbonyl (C=O) groups excluding carboxylic acids is 3. The average molecular weight is 320 g/mol. The summed E-state index contributed by atoms with van der Waals surface area (Å²) in [5.41, 5.74) is 0.215. The molecule has 6 nitrogen and oxygen atoms in total. The monoisotopic (exact) mass is 320 g/mol. The van der Waals surface area contributed by atoms with Crippen molar-refractivity contribution < 1.29 is 28.6 Å². The molecule has 0 aromatic carbocycles. The Kier molecular flexibility index (Phi) is 3.88. The summed E-state index contributed by atoms with van der Waals surface area (Å²) in [4.78, 5) is 35.1. The highest BCUT2D eigenvalue weighted by atomic mass is 16.6. The molecule has 4 unspecified atom stereocenters. The zero-order chi connectivity index (χ0) is 16.8. The van der Waals surface area contributed by atoms with Gasteiger partial charge < -0.3 is 14.2 Å². The first-order valence-corrected chi connectivity index (χ1v) is 7.74. The zero-order valence-electron chi connectivity index (χ0n) is 13.1. The van der Waals surface area contributed by atoms with Crippen molar-refractivity contribution in [3.05, 3.63) is 24.3 Å². The Bertz CT molecular complexity index is 606. The van der Waals surface area contributed by atoms with Gasteiger partial charge in [-0.15, -0.1) is 0 Å². The first kappa shape index (κ1) is 15.9. The normalized spacial score (nSPS) is 36.8. The first-order valence-electron chi connectivity index (χ1n) is 7.74. The van der Waals surface area contributed by atoms with Crippen LogP contribution in [0.5, 0.6) is 0 Å². The van der Waals surface area contributed by atoms with E-state index in [1.165, 1.54) is 6.92 Å². The molecule has 2 saturated heterocycles. The lowest BCUT2D eigenvalue weighted by atomic mass is 9.82. The van der Waals surface area contributed by atoms with E-state index in [0.717, 1.165) is 0 Å². The van der Waals surface area contributed by atoms with Gasteiger partial charge in [-0.05, 0) is 18.4 Å². The number of ether oxygens (including phenoxy) is 3. The van der Waals surface area contributed by atoms with Gasteiger partial charge in [-0.25, -0.2) is 4.79 Å². The van der Waals surface area contributed by atoms with Crippen molar-refractivity contribution in [2.24, 2.45) is 5.92 Å². The lowest BCUT2D eigenvalue weighted by molar-refractivity contribution is -0.143. The smallest absolute Gasteiger partial charge is 0.334 e. The lowest BCUT2D eigenvalue weighted by Gasteiger charge is -2.21. The minimum absolute atomic E-state index is 0.0735. The molecule has 3 aliphatic rings. The summed E-state index contributed by atoms with van der Waals surface area (Å²) >= 11 is 0. The average Bonchev–Trinajstić information content (AvgIpc) is 3.12. The van der Waals surface area contributed by atoms with E-state index in [4.69, 9.17) is 14.2 Å². The van der Waals surface area contributed by atoms with Crippen molar-refractivity contribution in [3.63, 3.8) is 0 Å². The molecule has 2 heterocycles. The third-order valence-corrected chi connectivity index (χ3v) is 4.93. The van der Waals surface area contributed by atoms with Crippen molar-refractivity contribution in [2.75, 3.05) is 6.61 Å². The molecule has 23 heavy (non-hydrogen) atoms. The van der Waals surface area contributed by atoms with E-state index >= 15 is 0 Å². The Morgan fingerprint density at radius 1 is 1.39 bits per heavy atom. The second-order valence-electron chi connectivity index (χ2n) is 6.49. The lowest BCUT2D eigenvalue weighted by Crippen LogP contribution is -2.30. The van der Waals surface area contributed by atoms with E-state index < -0.39 is 17.7 Å². The van der Waals surface area contributed by atoms with Gasteiger partial charge in [0.05, 0.1) is 6.10 Å². The molecule has 0 bridgehead atoms. The summed E-state index contributed by atoms with van der Waals surface area (Å²) in [7, 11) is 0. The summed E-state index contributed by atoms with van der Waals surface area (Å²) < 4.78 is 16.2. The summed E-state index contributed by atoms with van der Waals surface area (Å²) in [6.07, 6.45) is 1.07. The molecule has 0 aromatic heterocycles. The van der Waals surface area contributed by atoms with Gasteiger partial charge in [-0.1, -0.05) is 13.2 Å². The molecule has 0 amide bonds. The summed E-state index contributed by atoms with van der Waals surface area (Å²) in [5, 5.41) is 0. The number of fused-ring (bicyclic) bond motifs is 2. The highest BCUT2D eigenvalue weighted by Crippen LogP contribution is 2.48. The molecule has 3 fully saturated rings. The maximum atomic E-state index is 12.2. The van der Waals surface area contributed by atoms with Crippen LogP contribution in [0.4, 0.5) is 0 Å².